The van der Waals surface area contributed by atoms with E-state index in [-0.39, 0.29) is 0 Å². The molecular formula is C13H13NS. The van der Waals surface area contributed by atoms with E-state index < -0.39 is 0 Å². The summed E-state index contributed by atoms with van der Waals surface area (Å²) in [6.45, 7) is 2.10. The second-order valence-corrected chi connectivity index (χ2v) is 4.85. The van der Waals surface area contributed by atoms with Crippen molar-refractivity contribution in [2.24, 2.45) is 0 Å². The number of thiophene rings is 1. The fourth-order valence-electron chi connectivity index (χ4n) is 2.20. The lowest BCUT2D eigenvalue weighted by molar-refractivity contribution is 0.601. The molecule has 1 aromatic carbocycles. The van der Waals surface area contributed by atoms with Crippen LogP contribution < -0.4 is 5.32 Å². The highest BCUT2D eigenvalue weighted by Gasteiger charge is 2.22. The molecule has 0 amide bonds. The summed E-state index contributed by atoms with van der Waals surface area (Å²) >= 11 is 1.89. The quantitative estimate of drug-likeness (QED) is 0.771. The summed E-state index contributed by atoms with van der Waals surface area (Å²) in [5.74, 6) is 0.551. The zero-order valence-corrected chi connectivity index (χ0v) is 9.26. The van der Waals surface area contributed by atoms with Crippen LogP contribution >= 0.6 is 11.3 Å². The lowest BCUT2D eigenvalue weighted by Gasteiger charge is -2.23. The van der Waals surface area contributed by atoms with Crippen LogP contribution in [-0.2, 0) is 6.54 Å². The topological polar surface area (TPSA) is 12.0 Å². The molecule has 0 bridgehead atoms. The van der Waals surface area contributed by atoms with E-state index in [1.54, 1.807) is 4.88 Å². The maximum Gasteiger partial charge on any atom is 0.0312 e. The average Bonchev–Trinajstić information content (AvgIpc) is 2.78. The minimum atomic E-state index is 0.551. The van der Waals surface area contributed by atoms with Gasteiger partial charge in [-0.1, -0.05) is 30.3 Å². The summed E-state index contributed by atoms with van der Waals surface area (Å²) in [6.07, 6.45) is 0. The summed E-state index contributed by atoms with van der Waals surface area (Å²) in [5.41, 5.74) is 2.90. The van der Waals surface area contributed by atoms with Crippen molar-refractivity contribution in [2.75, 3.05) is 6.54 Å². The summed E-state index contributed by atoms with van der Waals surface area (Å²) in [5, 5.41) is 5.68. The zero-order chi connectivity index (χ0) is 10.1. The van der Waals surface area contributed by atoms with Gasteiger partial charge in [0.05, 0.1) is 0 Å². The van der Waals surface area contributed by atoms with Gasteiger partial charge in [0.1, 0.15) is 0 Å². The van der Waals surface area contributed by atoms with E-state index in [9.17, 15) is 0 Å². The first-order chi connectivity index (χ1) is 7.45. The third-order valence-corrected chi connectivity index (χ3v) is 4.04. The monoisotopic (exact) mass is 215 g/mol. The molecule has 76 valence electrons. The van der Waals surface area contributed by atoms with Crippen LogP contribution in [0.3, 0.4) is 0 Å². The fourth-order valence-corrected chi connectivity index (χ4v) is 3.25. The molecule has 0 aliphatic carbocycles. The van der Waals surface area contributed by atoms with Crippen LogP contribution in [0.4, 0.5) is 0 Å². The van der Waals surface area contributed by atoms with Crippen molar-refractivity contribution in [1.82, 2.24) is 5.32 Å². The summed E-state index contributed by atoms with van der Waals surface area (Å²) < 4.78 is 0. The van der Waals surface area contributed by atoms with E-state index >= 15 is 0 Å². The minimum absolute atomic E-state index is 0.551. The molecular weight excluding hydrogens is 202 g/mol. The minimum Gasteiger partial charge on any atom is -0.312 e. The van der Waals surface area contributed by atoms with Gasteiger partial charge in [0, 0.05) is 23.9 Å². The first-order valence-electron chi connectivity index (χ1n) is 5.27. The summed E-state index contributed by atoms with van der Waals surface area (Å²) in [6, 6.07) is 13.0. The van der Waals surface area contributed by atoms with Crippen molar-refractivity contribution in [3.8, 4) is 0 Å². The van der Waals surface area contributed by atoms with Gasteiger partial charge in [-0.25, -0.2) is 0 Å². The predicted octanol–water partition coefficient (Wildman–Crippen LogP) is 2.98. The van der Waals surface area contributed by atoms with Crippen LogP contribution in [0.25, 0.3) is 0 Å². The molecule has 1 aliphatic rings. The van der Waals surface area contributed by atoms with E-state index in [0.29, 0.717) is 5.92 Å². The maximum atomic E-state index is 3.48. The van der Waals surface area contributed by atoms with Gasteiger partial charge >= 0.3 is 0 Å². The highest BCUT2D eigenvalue weighted by Crippen LogP contribution is 2.33. The number of benzene rings is 1. The molecule has 1 aromatic heterocycles. The molecule has 3 rings (SSSR count). The Balaban J connectivity index is 2.03. The Hall–Kier alpha value is -1.12. The van der Waals surface area contributed by atoms with Gasteiger partial charge < -0.3 is 5.32 Å². The van der Waals surface area contributed by atoms with Gasteiger partial charge in [-0.2, -0.15) is 0 Å². The van der Waals surface area contributed by atoms with Crippen molar-refractivity contribution in [1.29, 1.82) is 0 Å². The molecule has 0 unspecified atom stereocenters. The molecule has 1 aliphatic heterocycles. The van der Waals surface area contributed by atoms with Crippen molar-refractivity contribution >= 4 is 11.3 Å². The van der Waals surface area contributed by atoms with Gasteiger partial charge in [-0.15, -0.1) is 11.3 Å². The standard InChI is InChI=1S/C13H13NS/c1-2-4-10(5-3-1)12-9-14-8-11-6-7-15-13(11)12/h1-7,12,14H,8-9H2/t12-/m0/s1. The first-order valence-corrected chi connectivity index (χ1v) is 6.15. The third-order valence-electron chi connectivity index (χ3n) is 2.96. The number of nitrogens with one attached hydrogen (secondary N) is 1. The summed E-state index contributed by atoms with van der Waals surface area (Å²) in [4.78, 5) is 1.54. The molecule has 0 saturated carbocycles. The lowest BCUT2D eigenvalue weighted by atomic mass is 9.92. The van der Waals surface area contributed by atoms with Crippen LogP contribution in [0.15, 0.2) is 41.8 Å². The van der Waals surface area contributed by atoms with Gasteiger partial charge in [0.25, 0.3) is 0 Å². The van der Waals surface area contributed by atoms with Crippen molar-refractivity contribution in [3.05, 3.63) is 57.8 Å². The largest absolute Gasteiger partial charge is 0.312 e. The fraction of sp³-hybridized carbons (Fsp3) is 0.231. The van der Waals surface area contributed by atoms with E-state index in [1.165, 1.54) is 11.1 Å². The second-order valence-electron chi connectivity index (χ2n) is 3.90. The molecule has 2 heterocycles. The zero-order valence-electron chi connectivity index (χ0n) is 8.44. The lowest BCUT2D eigenvalue weighted by Crippen LogP contribution is -2.27. The Morgan fingerprint density at radius 3 is 2.87 bits per heavy atom. The number of rotatable bonds is 1. The molecule has 0 spiro atoms. The second kappa shape index (κ2) is 3.80. The van der Waals surface area contributed by atoms with Crippen LogP contribution in [0.1, 0.15) is 21.9 Å². The normalized spacial score (nSPS) is 19.9. The molecule has 2 aromatic rings. The van der Waals surface area contributed by atoms with Gasteiger partial charge in [-0.3, -0.25) is 0 Å². The maximum absolute atomic E-state index is 3.48. The first kappa shape index (κ1) is 9.13. The van der Waals surface area contributed by atoms with E-state index in [2.05, 4.69) is 47.1 Å². The van der Waals surface area contributed by atoms with Crippen molar-refractivity contribution < 1.29 is 0 Å². The summed E-state index contributed by atoms with van der Waals surface area (Å²) in [7, 11) is 0. The van der Waals surface area contributed by atoms with Gasteiger partial charge in [0.15, 0.2) is 0 Å². The number of hydrogen-bond donors (Lipinski definition) is 1. The van der Waals surface area contributed by atoms with Gasteiger partial charge in [0.2, 0.25) is 0 Å². The Labute approximate surface area is 93.8 Å². The Kier molecular flexibility index (Phi) is 2.31. The number of hydrogen-bond acceptors (Lipinski definition) is 2. The van der Waals surface area contributed by atoms with Crippen molar-refractivity contribution in [3.63, 3.8) is 0 Å². The smallest absolute Gasteiger partial charge is 0.0312 e. The Morgan fingerprint density at radius 1 is 1.13 bits per heavy atom. The molecule has 1 atom stereocenters. The van der Waals surface area contributed by atoms with E-state index in [4.69, 9.17) is 0 Å². The number of fused-ring (bicyclic) bond motifs is 1. The van der Waals surface area contributed by atoms with Crippen LogP contribution in [0.2, 0.25) is 0 Å². The Morgan fingerprint density at radius 2 is 2.00 bits per heavy atom. The average molecular weight is 215 g/mol. The van der Waals surface area contributed by atoms with Gasteiger partial charge in [-0.05, 0) is 22.6 Å². The molecule has 2 heteroatoms. The van der Waals surface area contributed by atoms with Crippen LogP contribution in [-0.4, -0.2) is 6.54 Å². The Bertz CT molecular complexity index is 447. The SMILES string of the molecule is c1ccc([C@@H]2CNCc3ccsc32)cc1. The van der Waals surface area contributed by atoms with Crippen LogP contribution in [0.5, 0.6) is 0 Å². The third kappa shape index (κ3) is 1.60. The molecule has 1 nitrogen and oxygen atoms in total. The van der Waals surface area contributed by atoms with Crippen LogP contribution in [0, 0.1) is 0 Å². The predicted molar refractivity (Wildman–Crippen MR) is 64.3 cm³/mol. The molecule has 15 heavy (non-hydrogen) atoms. The van der Waals surface area contributed by atoms with E-state index in [0.717, 1.165) is 13.1 Å². The molecule has 0 radical (unpaired) electrons. The molecule has 0 saturated heterocycles. The van der Waals surface area contributed by atoms with E-state index in [1.807, 2.05) is 11.3 Å². The highest BCUT2D eigenvalue weighted by molar-refractivity contribution is 7.10. The highest BCUT2D eigenvalue weighted by atomic mass is 32.1. The molecule has 0 fully saturated rings. The van der Waals surface area contributed by atoms with Crippen molar-refractivity contribution in [2.45, 2.75) is 12.5 Å². The molecule has 1 N–H and O–H groups in total.